The van der Waals surface area contributed by atoms with E-state index in [-0.39, 0.29) is 17.2 Å². The quantitative estimate of drug-likeness (QED) is 0.443. The number of phenols is 3. The standard InChI is InChI=1S/C17H25NO3/c1-3-4-5-6-13-11-14(19)15(17(21)16(13)20)12-7-9-18(2)10-8-12/h7,11,19-21H,3-6,8-10H2,1-2H3. The number of nitrogens with zero attached hydrogens (tertiary/aromatic N) is 1. The molecule has 4 nitrogen and oxygen atoms in total. The Morgan fingerprint density at radius 1 is 1.14 bits per heavy atom. The van der Waals surface area contributed by atoms with Crippen LogP contribution in [0.25, 0.3) is 5.57 Å². The van der Waals surface area contributed by atoms with Crippen LogP contribution in [0.15, 0.2) is 12.1 Å². The van der Waals surface area contributed by atoms with E-state index < -0.39 is 0 Å². The van der Waals surface area contributed by atoms with Crippen molar-refractivity contribution in [3.63, 3.8) is 0 Å². The minimum atomic E-state index is -0.183. The Morgan fingerprint density at radius 2 is 1.90 bits per heavy atom. The highest BCUT2D eigenvalue weighted by Gasteiger charge is 2.21. The second-order valence-corrected chi connectivity index (χ2v) is 5.83. The minimum absolute atomic E-state index is 0.0626. The van der Waals surface area contributed by atoms with Crippen LogP contribution in [0.2, 0.25) is 0 Å². The summed E-state index contributed by atoms with van der Waals surface area (Å²) in [6, 6.07) is 1.60. The number of aryl methyl sites for hydroxylation is 1. The van der Waals surface area contributed by atoms with Crippen molar-refractivity contribution in [2.75, 3.05) is 20.1 Å². The number of hydrogen-bond donors (Lipinski definition) is 3. The van der Waals surface area contributed by atoms with Gasteiger partial charge in [-0.3, -0.25) is 0 Å². The summed E-state index contributed by atoms with van der Waals surface area (Å²) in [6.45, 7) is 3.78. The molecular weight excluding hydrogens is 266 g/mol. The lowest BCUT2D eigenvalue weighted by Crippen LogP contribution is -2.23. The lowest BCUT2D eigenvalue weighted by molar-refractivity contribution is 0.366. The Morgan fingerprint density at radius 3 is 2.52 bits per heavy atom. The van der Waals surface area contributed by atoms with E-state index in [4.69, 9.17) is 0 Å². The van der Waals surface area contributed by atoms with E-state index in [9.17, 15) is 15.3 Å². The number of benzene rings is 1. The SMILES string of the molecule is CCCCCc1cc(O)c(C2=CCN(C)CC2)c(O)c1O. The lowest BCUT2D eigenvalue weighted by atomic mass is 9.94. The number of likely N-dealkylation sites (N-methyl/N-ethyl adjacent to an activating group) is 1. The predicted molar refractivity (Wildman–Crippen MR) is 84.8 cm³/mol. The average molecular weight is 291 g/mol. The number of rotatable bonds is 5. The smallest absolute Gasteiger partial charge is 0.169 e. The molecule has 4 heteroatoms. The first-order chi connectivity index (χ1) is 10.0. The Hall–Kier alpha value is -1.68. The van der Waals surface area contributed by atoms with Crippen LogP contribution >= 0.6 is 0 Å². The first-order valence-electron chi connectivity index (χ1n) is 7.69. The molecule has 1 aromatic carbocycles. The Labute approximate surface area is 126 Å². The van der Waals surface area contributed by atoms with Crippen LogP contribution in [0.5, 0.6) is 17.2 Å². The van der Waals surface area contributed by atoms with Gasteiger partial charge in [0.05, 0.1) is 5.56 Å². The largest absolute Gasteiger partial charge is 0.507 e. The van der Waals surface area contributed by atoms with E-state index in [0.29, 0.717) is 17.5 Å². The normalized spacial score (nSPS) is 16.0. The van der Waals surface area contributed by atoms with Crippen LogP contribution in [0.1, 0.15) is 43.7 Å². The maximum absolute atomic E-state index is 10.3. The summed E-state index contributed by atoms with van der Waals surface area (Å²) in [6.07, 6.45) is 6.52. The van der Waals surface area contributed by atoms with Gasteiger partial charge in [0.1, 0.15) is 5.75 Å². The molecule has 0 fully saturated rings. The third-order valence-corrected chi connectivity index (χ3v) is 4.12. The second-order valence-electron chi connectivity index (χ2n) is 5.83. The van der Waals surface area contributed by atoms with Gasteiger partial charge in [-0.15, -0.1) is 0 Å². The summed E-state index contributed by atoms with van der Waals surface area (Å²) in [4.78, 5) is 2.16. The molecule has 21 heavy (non-hydrogen) atoms. The van der Waals surface area contributed by atoms with Gasteiger partial charge in [-0.1, -0.05) is 25.8 Å². The molecule has 1 aliphatic heterocycles. The Kier molecular flexibility index (Phi) is 5.12. The third-order valence-electron chi connectivity index (χ3n) is 4.12. The van der Waals surface area contributed by atoms with Gasteiger partial charge < -0.3 is 20.2 Å². The zero-order valence-electron chi connectivity index (χ0n) is 12.9. The maximum Gasteiger partial charge on any atom is 0.169 e. The van der Waals surface area contributed by atoms with Gasteiger partial charge in [0.25, 0.3) is 0 Å². The molecule has 3 N–H and O–H groups in total. The molecule has 0 saturated carbocycles. The molecule has 1 aromatic rings. The van der Waals surface area contributed by atoms with Crippen molar-refractivity contribution in [1.82, 2.24) is 4.90 Å². The van der Waals surface area contributed by atoms with Gasteiger partial charge in [-0.25, -0.2) is 0 Å². The van der Waals surface area contributed by atoms with Crippen molar-refractivity contribution in [3.8, 4) is 17.2 Å². The van der Waals surface area contributed by atoms with Gasteiger partial charge in [-0.05, 0) is 37.9 Å². The fourth-order valence-corrected chi connectivity index (χ4v) is 2.77. The summed E-state index contributed by atoms with van der Waals surface area (Å²) in [7, 11) is 2.03. The lowest BCUT2D eigenvalue weighted by Gasteiger charge is -2.23. The average Bonchev–Trinajstić information content (AvgIpc) is 2.46. The topological polar surface area (TPSA) is 63.9 Å². The molecule has 0 spiro atoms. The fraction of sp³-hybridized carbons (Fsp3) is 0.529. The van der Waals surface area contributed by atoms with Crippen LogP contribution in [0.3, 0.4) is 0 Å². The Balaban J connectivity index is 2.30. The molecule has 0 atom stereocenters. The van der Waals surface area contributed by atoms with E-state index in [1.54, 1.807) is 6.07 Å². The van der Waals surface area contributed by atoms with Gasteiger partial charge in [0.15, 0.2) is 11.5 Å². The van der Waals surface area contributed by atoms with E-state index >= 15 is 0 Å². The summed E-state index contributed by atoms with van der Waals surface area (Å²) >= 11 is 0. The van der Waals surface area contributed by atoms with Crippen LogP contribution in [0, 0.1) is 0 Å². The van der Waals surface area contributed by atoms with Crippen LogP contribution < -0.4 is 0 Å². The molecule has 0 unspecified atom stereocenters. The van der Waals surface area contributed by atoms with Crippen molar-refractivity contribution in [3.05, 3.63) is 23.3 Å². The van der Waals surface area contributed by atoms with Gasteiger partial charge in [0.2, 0.25) is 0 Å². The van der Waals surface area contributed by atoms with Crippen LogP contribution in [-0.4, -0.2) is 40.4 Å². The Bertz CT molecular complexity index is 537. The van der Waals surface area contributed by atoms with Crippen LogP contribution in [-0.2, 0) is 6.42 Å². The second kappa shape index (κ2) is 6.85. The molecule has 0 aliphatic carbocycles. The number of aromatic hydroxyl groups is 3. The molecule has 1 aliphatic rings. The molecule has 0 amide bonds. The van der Waals surface area contributed by atoms with E-state index in [0.717, 1.165) is 44.3 Å². The molecule has 2 rings (SSSR count). The number of hydrogen-bond acceptors (Lipinski definition) is 4. The van der Waals surface area contributed by atoms with Crippen molar-refractivity contribution in [2.45, 2.75) is 39.0 Å². The van der Waals surface area contributed by atoms with E-state index in [1.807, 2.05) is 13.1 Å². The molecule has 0 aromatic heterocycles. The molecular formula is C17H25NO3. The minimum Gasteiger partial charge on any atom is -0.507 e. The monoisotopic (exact) mass is 291 g/mol. The highest BCUT2D eigenvalue weighted by molar-refractivity contribution is 5.78. The fourth-order valence-electron chi connectivity index (χ4n) is 2.77. The highest BCUT2D eigenvalue weighted by Crippen LogP contribution is 2.44. The molecule has 0 saturated heterocycles. The summed E-state index contributed by atoms with van der Waals surface area (Å²) in [5.41, 5.74) is 1.91. The van der Waals surface area contributed by atoms with Crippen molar-refractivity contribution >= 4 is 5.57 Å². The van der Waals surface area contributed by atoms with Crippen LogP contribution in [0.4, 0.5) is 0 Å². The summed E-state index contributed by atoms with van der Waals surface area (Å²) in [5, 5.41) is 30.7. The third kappa shape index (κ3) is 3.50. The molecule has 0 bridgehead atoms. The first-order valence-corrected chi connectivity index (χ1v) is 7.69. The van der Waals surface area contributed by atoms with Crippen molar-refractivity contribution < 1.29 is 15.3 Å². The van der Waals surface area contributed by atoms with Gasteiger partial charge in [-0.2, -0.15) is 0 Å². The number of phenolic OH excluding ortho intramolecular Hbond substituents is 3. The number of unbranched alkanes of at least 4 members (excludes halogenated alkanes) is 2. The van der Waals surface area contributed by atoms with Crippen molar-refractivity contribution in [1.29, 1.82) is 0 Å². The highest BCUT2D eigenvalue weighted by atomic mass is 16.3. The van der Waals surface area contributed by atoms with E-state index in [1.165, 1.54) is 0 Å². The van der Waals surface area contributed by atoms with E-state index in [2.05, 4.69) is 11.8 Å². The maximum atomic E-state index is 10.3. The predicted octanol–water partition coefficient (Wildman–Crippen LogP) is 3.26. The zero-order chi connectivity index (χ0) is 15.4. The molecule has 0 radical (unpaired) electrons. The summed E-state index contributed by atoms with van der Waals surface area (Å²) < 4.78 is 0. The van der Waals surface area contributed by atoms with Gasteiger partial charge >= 0.3 is 0 Å². The summed E-state index contributed by atoms with van der Waals surface area (Å²) in [5.74, 6) is -0.205. The molecule has 1 heterocycles. The molecule has 116 valence electrons. The van der Waals surface area contributed by atoms with Crippen molar-refractivity contribution in [2.24, 2.45) is 0 Å². The van der Waals surface area contributed by atoms with Gasteiger partial charge in [0, 0.05) is 18.7 Å². The zero-order valence-corrected chi connectivity index (χ0v) is 12.9. The first kappa shape index (κ1) is 15.7.